The van der Waals surface area contributed by atoms with E-state index < -0.39 is 0 Å². The quantitative estimate of drug-likeness (QED) is 0.672. The average Bonchev–Trinajstić information content (AvgIpc) is 3.56. The van der Waals surface area contributed by atoms with Crippen LogP contribution in [0.4, 0.5) is 10.1 Å². The second kappa shape index (κ2) is 9.00. The number of nitrogens with zero attached hydrogens (tertiary/aromatic N) is 1. The molecule has 0 bridgehead atoms. The van der Waals surface area contributed by atoms with E-state index in [1.807, 2.05) is 29.2 Å². The summed E-state index contributed by atoms with van der Waals surface area (Å²) in [4.78, 5) is 27.8. The molecule has 6 nitrogen and oxygen atoms in total. The second-order valence-electron chi connectivity index (χ2n) is 9.22. The number of hydrogen-bond acceptors (Lipinski definition) is 4. The summed E-state index contributed by atoms with van der Waals surface area (Å²) in [6.07, 6.45) is 4.91. The van der Waals surface area contributed by atoms with Gasteiger partial charge in [0.05, 0.1) is 5.92 Å². The van der Waals surface area contributed by atoms with Crippen LogP contribution in [0.1, 0.15) is 32.1 Å². The monoisotopic (exact) mass is 436 g/mol. The van der Waals surface area contributed by atoms with Crippen molar-refractivity contribution >= 4 is 17.5 Å². The Balaban J connectivity index is 1.20. The summed E-state index contributed by atoms with van der Waals surface area (Å²) in [6.45, 7) is 1.16. The third-order valence-corrected chi connectivity index (χ3v) is 6.83. The second-order valence-corrected chi connectivity index (χ2v) is 9.22. The Morgan fingerprint density at radius 2 is 1.81 bits per heavy atom. The van der Waals surface area contributed by atoms with Gasteiger partial charge in [0, 0.05) is 24.8 Å². The number of carbonyl (C=O) groups is 2. The van der Waals surface area contributed by atoms with E-state index in [9.17, 15) is 14.0 Å². The minimum absolute atomic E-state index is 0.0629. The van der Waals surface area contributed by atoms with Crippen molar-refractivity contribution < 1.29 is 14.0 Å². The van der Waals surface area contributed by atoms with Crippen LogP contribution in [0.5, 0.6) is 0 Å². The summed E-state index contributed by atoms with van der Waals surface area (Å²) in [6, 6.07) is 14.0. The maximum Gasteiger partial charge on any atom is 0.241 e. The van der Waals surface area contributed by atoms with Crippen molar-refractivity contribution in [2.24, 2.45) is 11.8 Å². The van der Waals surface area contributed by atoms with E-state index in [2.05, 4.69) is 16.2 Å². The molecular formula is C25H29FN4O2. The zero-order valence-corrected chi connectivity index (χ0v) is 18.0. The molecule has 3 atom stereocenters. The Morgan fingerprint density at radius 1 is 1.00 bits per heavy atom. The van der Waals surface area contributed by atoms with Crippen LogP contribution < -0.4 is 16.2 Å². The molecule has 2 aliphatic heterocycles. The van der Waals surface area contributed by atoms with Crippen LogP contribution in [-0.2, 0) is 9.59 Å². The van der Waals surface area contributed by atoms with Gasteiger partial charge in [-0.3, -0.25) is 15.0 Å². The number of carbonyl (C=O) groups excluding carboxylic acids is 2. The zero-order chi connectivity index (χ0) is 22.1. The zero-order valence-electron chi connectivity index (χ0n) is 18.0. The maximum atomic E-state index is 13.2. The number of benzene rings is 2. The van der Waals surface area contributed by atoms with Crippen LogP contribution >= 0.6 is 0 Å². The Kier molecular flexibility index (Phi) is 5.93. The molecular weight excluding hydrogens is 407 g/mol. The lowest BCUT2D eigenvalue weighted by atomic mass is 9.95. The van der Waals surface area contributed by atoms with Crippen molar-refractivity contribution in [3.8, 4) is 11.1 Å². The van der Waals surface area contributed by atoms with Crippen molar-refractivity contribution in [1.82, 2.24) is 15.8 Å². The smallest absolute Gasteiger partial charge is 0.241 e. The summed E-state index contributed by atoms with van der Waals surface area (Å²) >= 11 is 0. The molecule has 2 aromatic carbocycles. The molecule has 1 saturated carbocycles. The van der Waals surface area contributed by atoms with Crippen molar-refractivity contribution in [3.05, 3.63) is 54.3 Å². The van der Waals surface area contributed by atoms with Gasteiger partial charge in [-0.2, -0.15) is 0 Å². The molecule has 168 valence electrons. The number of hydrogen-bond donors (Lipinski definition) is 3. The van der Waals surface area contributed by atoms with Gasteiger partial charge in [0.2, 0.25) is 11.8 Å². The van der Waals surface area contributed by atoms with E-state index in [4.69, 9.17) is 0 Å². The SMILES string of the molecule is O=C(Nc1cccc(-c2ccc(F)cc2)c1)C1CCCN(C(=O)C2CC(C3CC3)NN2)C1. The topological polar surface area (TPSA) is 73.5 Å². The fourth-order valence-corrected chi connectivity index (χ4v) is 4.83. The van der Waals surface area contributed by atoms with E-state index in [0.29, 0.717) is 30.7 Å². The molecule has 7 heteroatoms. The molecule has 32 heavy (non-hydrogen) atoms. The molecule has 2 saturated heterocycles. The molecule has 2 amide bonds. The third-order valence-electron chi connectivity index (χ3n) is 6.83. The summed E-state index contributed by atoms with van der Waals surface area (Å²) < 4.78 is 13.2. The van der Waals surface area contributed by atoms with Gasteiger partial charge in [0.1, 0.15) is 11.9 Å². The first-order valence-corrected chi connectivity index (χ1v) is 11.5. The summed E-state index contributed by atoms with van der Waals surface area (Å²) in [7, 11) is 0. The maximum absolute atomic E-state index is 13.2. The largest absolute Gasteiger partial charge is 0.341 e. The molecule has 3 N–H and O–H groups in total. The lowest BCUT2D eigenvalue weighted by Gasteiger charge is -2.33. The van der Waals surface area contributed by atoms with Crippen molar-refractivity contribution in [3.63, 3.8) is 0 Å². The van der Waals surface area contributed by atoms with E-state index in [0.717, 1.165) is 30.4 Å². The van der Waals surface area contributed by atoms with Crippen LogP contribution in [0, 0.1) is 17.7 Å². The third kappa shape index (κ3) is 4.69. The number of rotatable bonds is 5. The molecule has 1 aliphatic carbocycles. The van der Waals surface area contributed by atoms with Crippen molar-refractivity contribution in [1.29, 1.82) is 0 Å². The molecule has 3 unspecified atom stereocenters. The fourth-order valence-electron chi connectivity index (χ4n) is 4.83. The standard InChI is InChI=1S/C25H29FN4O2/c26-20-10-8-16(9-11-20)18-3-1-5-21(13-18)27-24(31)19-4-2-12-30(15-19)25(32)23-14-22(28-29-23)17-6-7-17/h1,3,5,8-11,13,17,19,22-23,28-29H,2,4,6-7,12,14-15H2,(H,27,31). The predicted molar refractivity (Wildman–Crippen MR) is 121 cm³/mol. The van der Waals surface area contributed by atoms with Crippen LogP contribution in [0.2, 0.25) is 0 Å². The summed E-state index contributed by atoms with van der Waals surface area (Å²) in [5.41, 5.74) is 8.95. The lowest BCUT2D eigenvalue weighted by Crippen LogP contribution is -2.50. The van der Waals surface area contributed by atoms with Gasteiger partial charge in [-0.15, -0.1) is 0 Å². The number of anilines is 1. The van der Waals surface area contributed by atoms with Gasteiger partial charge in [0.15, 0.2) is 0 Å². The van der Waals surface area contributed by atoms with E-state index in [1.54, 1.807) is 12.1 Å². The summed E-state index contributed by atoms with van der Waals surface area (Å²) in [5, 5.41) is 3.01. The van der Waals surface area contributed by atoms with Crippen molar-refractivity contribution in [2.75, 3.05) is 18.4 Å². The molecule has 2 aromatic rings. The molecule has 5 rings (SSSR count). The van der Waals surface area contributed by atoms with Gasteiger partial charge in [-0.1, -0.05) is 24.3 Å². The highest BCUT2D eigenvalue weighted by molar-refractivity contribution is 5.94. The normalized spacial score (nSPS) is 25.5. The molecule has 0 aromatic heterocycles. The van der Waals surface area contributed by atoms with E-state index in [1.165, 1.54) is 25.0 Å². The van der Waals surface area contributed by atoms with Crippen LogP contribution in [0.15, 0.2) is 48.5 Å². The van der Waals surface area contributed by atoms with Crippen molar-refractivity contribution in [2.45, 2.75) is 44.2 Å². The highest BCUT2D eigenvalue weighted by Gasteiger charge is 2.41. The fraction of sp³-hybridized carbons (Fsp3) is 0.440. The molecule has 0 radical (unpaired) electrons. The molecule has 3 aliphatic rings. The summed E-state index contributed by atoms with van der Waals surface area (Å²) in [5.74, 6) is 0.228. The highest BCUT2D eigenvalue weighted by Crippen LogP contribution is 2.36. The number of likely N-dealkylation sites (tertiary alicyclic amines) is 1. The Morgan fingerprint density at radius 3 is 2.59 bits per heavy atom. The number of hydrazine groups is 1. The van der Waals surface area contributed by atoms with Gasteiger partial charge in [-0.05, 0) is 73.4 Å². The minimum Gasteiger partial charge on any atom is -0.341 e. The Bertz CT molecular complexity index is 992. The Hall–Kier alpha value is -2.77. The van der Waals surface area contributed by atoms with Gasteiger partial charge in [0.25, 0.3) is 0 Å². The van der Waals surface area contributed by atoms with Crippen LogP contribution in [0.3, 0.4) is 0 Å². The average molecular weight is 437 g/mol. The van der Waals surface area contributed by atoms with E-state index in [-0.39, 0.29) is 29.6 Å². The minimum atomic E-state index is -0.277. The Labute approximate surface area is 187 Å². The molecule has 2 heterocycles. The lowest BCUT2D eigenvalue weighted by molar-refractivity contribution is -0.136. The predicted octanol–water partition coefficient (Wildman–Crippen LogP) is 3.31. The number of piperidine rings is 1. The van der Waals surface area contributed by atoms with Gasteiger partial charge in [-0.25, -0.2) is 9.82 Å². The first-order valence-electron chi connectivity index (χ1n) is 11.5. The van der Waals surface area contributed by atoms with Gasteiger partial charge < -0.3 is 10.2 Å². The highest BCUT2D eigenvalue weighted by atomic mass is 19.1. The van der Waals surface area contributed by atoms with E-state index >= 15 is 0 Å². The molecule has 3 fully saturated rings. The van der Waals surface area contributed by atoms with Gasteiger partial charge >= 0.3 is 0 Å². The molecule has 0 spiro atoms. The first kappa shape index (κ1) is 21.1. The number of nitrogens with one attached hydrogen (secondary N) is 3. The van der Waals surface area contributed by atoms with Crippen LogP contribution in [-0.4, -0.2) is 41.9 Å². The first-order chi connectivity index (χ1) is 15.6. The van der Waals surface area contributed by atoms with Crippen LogP contribution in [0.25, 0.3) is 11.1 Å². The number of halogens is 1. The number of amides is 2.